The van der Waals surface area contributed by atoms with Crippen LogP contribution in [0.1, 0.15) is 10.4 Å². The van der Waals surface area contributed by atoms with Crippen LogP contribution < -0.4 is 5.32 Å². The summed E-state index contributed by atoms with van der Waals surface area (Å²) >= 11 is 5.81. The van der Waals surface area contributed by atoms with Crippen molar-refractivity contribution in [2.24, 2.45) is 0 Å². The molecule has 0 unspecified atom stereocenters. The molecular formula is C13H8ClFN2O4. The second kappa shape index (κ2) is 5.76. The summed E-state index contributed by atoms with van der Waals surface area (Å²) in [5.41, 5.74) is -0.118. The molecule has 0 fully saturated rings. The average Bonchev–Trinajstić information content (AvgIpc) is 2.42. The van der Waals surface area contributed by atoms with Crippen molar-refractivity contribution in [1.82, 2.24) is 0 Å². The SMILES string of the molecule is O=C(Nc1ccc(O)c(F)c1)c1ccc([N+](=O)[O-])cc1Cl. The smallest absolute Gasteiger partial charge is 0.270 e. The number of phenols is 1. The molecule has 0 aromatic heterocycles. The van der Waals surface area contributed by atoms with Gasteiger partial charge in [0.15, 0.2) is 11.6 Å². The molecule has 2 rings (SSSR count). The highest BCUT2D eigenvalue weighted by Gasteiger charge is 2.15. The molecule has 0 saturated heterocycles. The maximum Gasteiger partial charge on any atom is 0.270 e. The summed E-state index contributed by atoms with van der Waals surface area (Å²) in [7, 11) is 0. The Balaban J connectivity index is 2.24. The summed E-state index contributed by atoms with van der Waals surface area (Å²) in [5, 5.41) is 21.9. The maximum atomic E-state index is 13.2. The number of anilines is 1. The summed E-state index contributed by atoms with van der Waals surface area (Å²) in [5.74, 6) is -2.08. The molecule has 0 radical (unpaired) electrons. The number of hydrogen-bond donors (Lipinski definition) is 2. The van der Waals surface area contributed by atoms with Gasteiger partial charge in [0.2, 0.25) is 0 Å². The zero-order valence-electron chi connectivity index (χ0n) is 10.3. The number of amides is 1. The number of halogens is 2. The molecule has 108 valence electrons. The van der Waals surface area contributed by atoms with E-state index in [9.17, 15) is 19.3 Å². The van der Waals surface area contributed by atoms with E-state index in [1.54, 1.807) is 0 Å². The van der Waals surface area contributed by atoms with E-state index in [1.165, 1.54) is 12.1 Å². The van der Waals surface area contributed by atoms with Crippen molar-refractivity contribution in [1.29, 1.82) is 0 Å². The lowest BCUT2D eigenvalue weighted by Crippen LogP contribution is -2.12. The minimum atomic E-state index is -0.886. The first-order valence-corrected chi connectivity index (χ1v) is 6.00. The van der Waals surface area contributed by atoms with Gasteiger partial charge < -0.3 is 10.4 Å². The van der Waals surface area contributed by atoms with Gasteiger partial charge in [-0.15, -0.1) is 0 Å². The molecule has 6 nitrogen and oxygen atoms in total. The Labute approximate surface area is 122 Å². The minimum Gasteiger partial charge on any atom is -0.505 e. The summed E-state index contributed by atoms with van der Waals surface area (Å²) in [6, 6.07) is 6.71. The van der Waals surface area contributed by atoms with Crippen LogP contribution in [-0.2, 0) is 0 Å². The second-order valence-corrected chi connectivity index (χ2v) is 4.45. The predicted molar refractivity (Wildman–Crippen MR) is 74.1 cm³/mol. The lowest BCUT2D eigenvalue weighted by molar-refractivity contribution is -0.384. The number of nitrogens with zero attached hydrogens (tertiary/aromatic N) is 1. The first-order chi connectivity index (χ1) is 9.88. The summed E-state index contributed by atoms with van der Waals surface area (Å²) < 4.78 is 13.2. The number of rotatable bonds is 3. The van der Waals surface area contributed by atoms with E-state index in [0.29, 0.717) is 0 Å². The number of aromatic hydroxyl groups is 1. The average molecular weight is 311 g/mol. The monoisotopic (exact) mass is 310 g/mol. The highest BCUT2D eigenvalue weighted by Crippen LogP contribution is 2.24. The normalized spacial score (nSPS) is 10.2. The number of hydrogen-bond acceptors (Lipinski definition) is 4. The van der Waals surface area contributed by atoms with Gasteiger partial charge in [-0.1, -0.05) is 11.6 Å². The van der Waals surface area contributed by atoms with Gasteiger partial charge in [0.25, 0.3) is 11.6 Å². The van der Waals surface area contributed by atoms with Crippen LogP contribution in [0.15, 0.2) is 36.4 Å². The summed E-state index contributed by atoms with van der Waals surface area (Å²) in [6.07, 6.45) is 0. The van der Waals surface area contributed by atoms with Gasteiger partial charge in [-0.2, -0.15) is 0 Å². The lowest BCUT2D eigenvalue weighted by Gasteiger charge is -2.07. The van der Waals surface area contributed by atoms with Gasteiger partial charge in [0, 0.05) is 23.9 Å². The number of nitro groups is 1. The van der Waals surface area contributed by atoms with Crippen LogP contribution in [-0.4, -0.2) is 15.9 Å². The highest BCUT2D eigenvalue weighted by atomic mass is 35.5. The third-order valence-electron chi connectivity index (χ3n) is 2.61. The third kappa shape index (κ3) is 3.26. The Bertz CT molecular complexity index is 736. The molecule has 0 bridgehead atoms. The topological polar surface area (TPSA) is 92.5 Å². The number of phenolic OH excluding ortho intramolecular Hbond substituents is 1. The Morgan fingerprint density at radius 3 is 2.57 bits per heavy atom. The summed E-state index contributed by atoms with van der Waals surface area (Å²) in [4.78, 5) is 21.9. The van der Waals surface area contributed by atoms with Crippen LogP contribution in [0, 0.1) is 15.9 Å². The second-order valence-electron chi connectivity index (χ2n) is 4.04. The van der Waals surface area contributed by atoms with Gasteiger partial charge in [0.05, 0.1) is 15.5 Å². The van der Waals surface area contributed by atoms with Gasteiger partial charge >= 0.3 is 0 Å². The molecular weight excluding hydrogens is 303 g/mol. The van der Waals surface area contributed by atoms with E-state index in [4.69, 9.17) is 16.7 Å². The minimum absolute atomic E-state index is 0.00995. The molecule has 0 aliphatic carbocycles. The molecule has 0 aliphatic rings. The van der Waals surface area contributed by atoms with E-state index in [2.05, 4.69) is 5.32 Å². The van der Waals surface area contributed by atoms with Crippen molar-refractivity contribution in [3.63, 3.8) is 0 Å². The molecule has 0 atom stereocenters. The molecule has 8 heteroatoms. The first kappa shape index (κ1) is 14.7. The quantitative estimate of drug-likeness (QED) is 0.516. The zero-order chi connectivity index (χ0) is 15.6. The third-order valence-corrected chi connectivity index (χ3v) is 2.93. The number of nitro benzene ring substituents is 1. The van der Waals surface area contributed by atoms with Crippen molar-refractivity contribution in [3.05, 3.63) is 62.9 Å². The predicted octanol–water partition coefficient (Wildman–Crippen LogP) is 3.35. The van der Waals surface area contributed by atoms with E-state index in [-0.39, 0.29) is 22.0 Å². The molecule has 0 saturated carbocycles. The molecule has 0 aliphatic heterocycles. The maximum absolute atomic E-state index is 13.2. The van der Waals surface area contributed by atoms with Gasteiger partial charge in [-0.25, -0.2) is 4.39 Å². The number of carbonyl (C=O) groups excluding carboxylic acids is 1. The number of nitrogens with one attached hydrogen (secondary N) is 1. The van der Waals surface area contributed by atoms with Crippen molar-refractivity contribution >= 4 is 28.9 Å². The molecule has 2 N–H and O–H groups in total. The van der Waals surface area contributed by atoms with Crippen LogP contribution >= 0.6 is 11.6 Å². The number of non-ortho nitro benzene ring substituents is 1. The van der Waals surface area contributed by atoms with E-state index >= 15 is 0 Å². The van der Waals surface area contributed by atoms with E-state index in [0.717, 1.165) is 24.3 Å². The molecule has 2 aromatic carbocycles. The van der Waals surface area contributed by atoms with Gasteiger partial charge in [-0.3, -0.25) is 14.9 Å². The highest BCUT2D eigenvalue weighted by molar-refractivity contribution is 6.34. The Morgan fingerprint density at radius 2 is 2.00 bits per heavy atom. The lowest BCUT2D eigenvalue weighted by atomic mass is 10.2. The molecule has 0 spiro atoms. The van der Waals surface area contributed by atoms with E-state index in [1.807, 2.05) is 0 Å². The largest absolute Gasteiger partial charge is 0.505 e. The fourth-order valence-corrected chi connectivity index (χ4v) is 1.85. The number of carbonyl (C=O) groups is 1. The molecule has 0 heterocycles. The van der Waals surface area contributed by atoms with Crippen LogP contribution in [0.25, 0.3) is 0 Å². The fraction of sp³-hybridized carbons (Fsp3) is 0. The van der Waals surface area contributed by atoms with Crippen LogP contribution in [0.3, 0.4) is 0 Å². The zero-order valence-corrected chi connectivity index (χ0v) is 11.1. The fourth-order valence-electron chi connectivity index (χ4n) is 1.58. The van der Waals surface area contributed by atoms with Crippen molar-refractivity contribution in [2.75, 3.05) is 5.32 Å². The van der Waals surface area contributed by atoms with Crippen molar-refractivity contribution in [3.8, 4) is 5.75 Å². The standard InChI is InChI=1S/C13H8ClFN2O4/c14-10-6-8(17(20)21)2-3-9(10)13(19)16-7-1-4-12(18)11(15)5-7/h1-6,18H,(H,16,19). The first-order valence-electron chi connectivity index (χ1n) is 5.62. The number of benzene rings is 2. The van der Waals surface area contributed by atoms with Crippen molar-refractivity contribution < 1.29 is 19.2 Å². The molecule has 1 amide bonds. The Kier molecular flexibility index (Phi) is 4.04. The van der Waals surface area contributed by atoms with Gasteiger partial charge in [0.1, 0.15) is 0 Å². The Hall–Kier alpha value is -2.67. The van der Waals surface area contributed by atoms with E-state index < -0.39 is 22.4 Å². The molecule has 21 heavy (non-hydrogen) atoms. The van der Waals surface area contributed by atoms with Crippen LogP contribution in [0.5, 0.6) is 5.75 Å². The summed E-state index contributed by atoms with van der Waals surface area (Å²) in [6.45, 7) is 0. The van der Waals surface area contributed by atoms with Gasteiger partial charge in [-0.05, 0) is 18.2 Å². The Morgan fingerprint density at radius 1 is 1.29 bits per heavy atom. The van der Waals surface area contributed by atoms with Crippen LogP contribution in [0.4, 0.5) is 15.8 Å². The van der Waals surface area contributed by atoms with Crippen molar-refractivity contribution in [2.45, 2.75) is 0 Å². The van der Waals surface area contributed by atoms with Crippen LogP contribution in [0.2, 0.25) is 5.02 Å². The molecule has 2 aromatic rings.